The van der Waals surface area contributed by atoms with E-state index in [9.17, 15) is 8.42 Å². The lowest BCUT2D eigenvalue weighted by Gasteiger charge is -2.08. The third kappa shape index (κ3) is 4.61. The molecule has 0 N–H and O–H groups in total. The van der Waals surface area contributed by atoms with Crippen LogP contribution >= 0.6 is 0 Å². The summed E-state index contributed by atoms with van der Waals surface area (Å²) in [6.07, 6.45) is 0. The first kappa shape index (κ1) is 16.1. The van der Waals surface area contributed by atoms with Crippen molar-refractivity contribution >= 4 is 9.84 Å². The number of benzene rings is 2. The summed E-state index contributed by atoms with van der Waals surface area (Å²) in [6.45, 7) is 2.04. The summed E-state index contributed by atoms with van der Waals surface area (Å²) < 4.78 is 29.7. The van der Waals surface area contributed by atoms with E-state index < -0.39 is 9.84 Å². The number of nitriles is 1. The van der Waals surface area contributed by atoms with Crippen molar-refractivity contribution in [1.82, 2.24) is 0 Å². The van der Waals surface area contributed by atoms with E-state index in [1.807, 2.05) is 31.2 Å². The summed E-state index contributed by atoms with van der Waals surface area (Å²) in [5, 5.41) is 9.00. The first-order valence-electron chi connectivity index (χ1n) is 6.88. The van der Waals surface area contributed by atoms with Gasteiger partial charge in [-0.05, 0) is 36.2 Å². The summed E-state index contributed by atoms with van der Waals surface area (Å²) in [6, 6.07) is 16.2. The van der Waals surface area contributed by atoms with Gasteiger partial charge < -0.3 is 4.74 Å². The lowest BCUT2D eigenvalue weighted by molar-refractivity contribution is 0.340. The summed E-state index contributed by atoms with van der Waals surface area (Å²) in [7, 11) is -3.32. The maximum Gasteiger partial charge on any atom is 0.157 e. The Balaban J connectivity index is 1.96. The van der Waals surface area contributed by atoms with Crippen molar-refractivity contribution < 1.29 is 13.2 Å². The molecule has 0 unspecified atom stereocenters. The fraction of sp³-hybridized carbons (Fsp3) is 0.235. The Bertz CT molecular complexity index is 792. The topological polar surface area (TPSA) is 67.2 Å². The van der Waals surface area contributed by atoms with Gasteiger partial charge in [0.25, 0.3) is 0 Å². The molecule has 114 valence electrons. The summed E-state index contributed by atoms with van der Waals surface area (Å²) in [5.41, 5.74) is 1.98. The van der Waals surface area contributed by atoms with Crippen molar-refractivity contribution in [2.24, 2.45) is 0 Å². The average Bonchev–Trinajstić information content (AvgIpc) is 2.47. The minimum atomic E-state index is -3.32. The molecule has 0 aliphatic carbocycles. The van der Waals surface area contributed by atoms with Crippen LogP contribution in [0.3, 0.4) is 0 Å². The minimum absolute atomic E-state index is 0.0826. The molecule has 0 saturated heterocycles. The Morgan fingerprint density at radius 3 is 2.64 bits per heavy atom. The average molecular weight is 315 g/mol. The Hall–Kier alpha value is -2.32. The number of rotatable bonds is 6. The van der Waals surface area contributed by atoms with Crippen LogP contribution in [0, 0.1) is 18.3 Å². The lowest BCUT2D eigenvalue weighted by atomic mass is 10.1. The van der Waals surface area contributed by atoms with Gasteiger partial charge in [-0.2, -0.15) is 5.26 Å². The van der Waals surface area contributed by atoms with Crippen LogP contribution in [0.15, 0.2) is 48.5 Å². The Labute approximate surface area is 130 Å². The molecule has 0 aliphatic rings. The van der Waals surface area contributed by atoms with Crippen molar-refractivity contribution in [3.05, 3.63) is 65.2 Å². The Kier molecular flexibility index (Phi) is 5.18. The standard InChI is InChI=1S/C17H17NO3S/c1-14-5-4-8-17(11-14)21-9-10-22(19,20)13-16-7-3-2-6-15(16)12-18/h2-8,11H,9-10,13H2,1H3. The zero-order chi connectivity index (χ0) is 16.0. The van der Waals surface area contributed by atoms with Gasteiger partial charge in [0.1, 0.15) is 12.4 Å². The third-order valence-electron chi connectivity index (χ3n) is 3.17. The predicted molar refractivity (Wildman–Crippen MR) is 85.3 cm³/mol. The van der Waals surface area contributed by atoms with E-state index in [2.05, 4.69) is 0 Å². The highest BCUT2D eigenvalue weighted by Crippen LogP contribution is 2.14. The van der Waals surface area contributed by atoms with Crippen molar-refractivity contribution in [3.63, 3.8) is 0 Å². The molecular formula is C17H17NO3S. The molecule has 2 rings (SSSR count). The van der Waals surface area contributed by atoms with E-state index in [0.29, 0.717) is 16.9 Å². The van der Waals surface area contributed by atoms with Crippen LogP contribution in [0.25, 0.3) is 0 Å². The normalized spacial score (nSPS) is 10.9. The van der Waals surface area contributed by atoms with Crippen LogP contribution in [0.1, 0.15) is 16.7 Å². The quantitative estimate of drug-likeness (QED) is 0.822. The van der Waals surface area contributed by atoms with Gasteiger partial charge >= 0.3 is 0 Å². The van der Waals surface area contributed by atoms with Gasteiger partial charge in [-0.25, -0.2) is 8.42 Å². The number of ether oxygens (including phenoxy) is 1. The first-order valence-corrected chi connectivity index (χ1v) is 8.70. The van der Waals surface area contributed by atoms with Crippen LogP contribution in [0.2, 0.25) is 0 Å². The zero-order valence-corrected chi connectivity index (χ0v) is 13.1. The van der Waals surface area contributed by atoms with Gasteiger partial charge in [0.15, 0.2) is 9.84 Å². The molecule has 0 aliphatic heterocycles. The Morgan fingerprint density at radius 1 is 1.14 bits per heavy atom. The second-order valence-electron chi connectivity index (χ2n) is 5.03. The Morgan fingerprint density at radius 2 is 1.91 bits per heavy atom. The molecule has 0 aromatic heterocycles. The second-order valence-corrected chi connectivity index (χ2v) is 7.21. The van der Waals surface area contributed by atoms with Gasteiger partial charge in [0.2, 0.25) is 0 Å². The van der Waals surface area contributed by atoms with Gasteiger partial charge in [-0.1, -0.05) is 30.3 Å². The highest BCUT2D eigenvalue weighted by Gasteiger charge is 2.14. The van der Waals surface area contributed by atoms with Crippen molar-refractivity contribution in [3.8, 4) is 11.8 Å². The summed E-state index contributed by atoms with van der Waals surface area (Å²) in [4.78, 5) is 0. The van der Waals surface area contributed by atoms with Gasteiger partial charge in [-0.3, -0.25) is 0 Å². The molecule has 0 spiro atoms. The molecule has 2 aromatic rings. The monoisotopic (exact) mass is 315 g/mol. The van der Waals surface area contributed by atoms with Gasteiger partial charge in [0, 0.05) is 0 Å². The van der Waals surface area contributed by atoms with E-state index in [1.54, 1.807) is 30.3 Å². The molecule has 4 nitrogen and oxygen atoms in total. The van der Waals surface area contributed by atoms with Crippen molar-refractivity contribution in [2.75, 3.05) is 12.4 Å². The molecule has 0 atom stereocenters. The third-order valence-corrected chi connectivity index (χ3v) is 4.71. The number of hydrogen-bond donors (Lipinski definition) is 0. The van der Waals surface area contributed by atoms with Crippen LogP contribution in [0.4, 0.5) is 0 Å². The highest BCUT2D eigenvalue weighted by molar-refractivity contribution is 7.90. The number of sulfone groups is 1. The molecule has 0 radical (unpaired) electrons. The molecule has 2 aromatic carbocycles. The second kappa shape index (κ2) is 7.10. The zero-order valence-electron chi connectivity index (χ0n) is 12.3. The highest BCUT2D eigenvalue weighted by atomic mass is 32.2. The molecule has 0 saturated carbocycles. The molecule has 22 heavy (non-hydrogen) atoms. The predicted octanol–water partition coefficient (Wildman–Crippen LogP) is 2.86. The fourth-order valence-electron chi connectivity index (χ4n) is 2.06. The van der Waals surface area contributed by atoms with E-state index in [-0.39, 0.29) is 18.1 Å². The van der Waals surface area contributed by atoms with Crippen molar-refractivity contribution in [2.45, 2.75) is 12.7 Å². The largest absolute Gasteiger partial charge is 0.493 e. The molecule has 0 heterocycles. The van der Waals surface area contributed by atoms with Crippen LogP contribution in [-0.4, -0.2) is 20.8 Å². The van der Waals surface area contributed by atoms with Crippen molar-refractivity contribution in [1.29, 1.82) is 5.26 Å². The molecule has 0 amide bonds. The van der Waals surface area contributed by atoms with Gasteiger partial charge in [-0.15, -0.1) is 0 Å². The summed E-state index contributed by atoms with van der Waals surface area (Å²) >= 11 is 0. The van der Waals surface area contributed by atoms with E-state index >= 15 is 0 Å². The number of hydrogen-bond acceptors (Lipinski definition) is 4. The SMILES string of the molecule is Cc1cccc(OCCS(=O)(=O)Cc2ccccc2C#N)c1. The van der Waals surface area contributed by atoms with Gasteiger partial charge in [0.05, 0.1) is 23.1 Å². The first-order chi connectivity index (χ1) is 10.5. The van der Waals surface area contributed by atoms with Crippen LogP contribution in [-0.2, 0) is 15.6 Å². The fourth-order valence-corrected chi connectivity index (χ4v) is 3.26. The molecule has 0 bridgehead atoms. The van der Waals surface area contributed by atoms with E-state index in [0.717, 1.165) is 5.56 Å². The van der Waals surface area contributed by atoms with Crippen LogP contribution in [0.5, 0.6) is 5.75 Å². The molecular weight excluding hydrogens is 298 g/mol. The minimum Gasteiger partial charge on any atom is -0.493 e. The van der Waals surface area contributed by atoms with E-state index in [1.165, 1.54) is 0 Å². The summed E-state index contributed by atoms with van der Waals surface area (Å²) in [5.74, 6) is 0.432. The molecule has 5 heteroatoms. The molecule has 0 fully saturated rings. The number of nitrogens with zero attached hydrogens (tertiary/aromatic N) is 1. The maximum atomic E-state index is 12.1. The number of aryl methyl sites for hydroxylation is 1. The smallest absolute Gasteiger partial charge is 0.157 e. The lowest BCUT2D eigenvalue weighted by Crippen LogP contribution is -2.16. The maximum absolute atomic E-state index is 12.1. The van der Waals surface area contributed by atoms with E-state index in [4.69, 9.17) is 10.00 Å². The van der Waals surface area contributed by atoms with Crippen LogP contribution < -0.4 is 4.74 Å².